The van der Waals surface area contributed by atoms with Gasteiger partial charge in [-0.1, -0.05) is 0 Å². The number of carbonyl (C=O) groups is 1. The monoisotopic (exact) mass is 195 g/mol. The minimum absolute atomic E-state index is 0.750. The van der Waals surface area contributed by atoms with Crippen LogP contribution < -0.4 is 0 Å². The predicted octanol–water partition coefficient (Wildman–Crippen LogP) is 2.68. The molecule has 0 bridgehead atoms. The van der Waals surface area contributed by atoms with Gasteiger partial charge in [0.15, 0.2) is 6.29 Å². The molecule has 0 aromatic carbocycles. The maximum Gasteiger partial charge on any atom is 0.160 e. The Balaban J connectivity index is 2.41. The first-order valence-corrected chi connectivity index (χ1v) is 5.09. The molecule has 12 heavy (non-hydrogen) atoms. The fourth-order valence-electron chi connectivity index (χ4n) is 0.893. The highest BCUT2D eigenvalue weighted by Gasteiger charge is 2.02. The molecule has 0 N–H and O–H groups in total. The molecule has 60 valence electrons. The Hall–Kier alpha value is -1.00. The lowest BCUT2D eigenvalue weighted by Gasteiger charge is -1.84. The van der Waals surface area contributed by atoms with E-state index < -0.39 is 0 Å². The van der Waals surface area contributed by atoms with E-state index in [9.17, 15) is 4.79 Å². The molecule has 2 nitrogen and oxygen atoms in total. The van der Waals surface area contributed by atoms with Crippen LogP contribution in [0.1, 0.15) is 9.67 Å². The number of hydrogen-bond donors (Lipinski definition) is 0. The number of rotatable bonds is 2. The summed E-state index contributed by atoms with van der Waals surface area (Å²) in [4.78, 5) is 15.3. The number of carbonyl (C=O) groups excluding carboxylic acids is 1. The van der Waals surface area contributed by atoms with Gasteiger partial charge in [0.05, 0.1) is 4.88 Å². The smallest absolute Gasteiger partial charge is 0.160 e. The second kappa shape index (κ2) is 3.16. The van der Waals surface area contributed by atoms with Gasteiger partial charge in [0.25, 0.3) is 0 Å². The van der Waals surface area contributed by atoms with Crippen molar-refractivity contribution in [1.82, 2.24) is 4.98 Å². The number of aldehydes is 1. The Kier molecular flexibility index (Phi) is 2.01. The molecule has 0 spiro atoms. The molecule has 2 rings (SSSR count). The van der Waals surface area contributed by atoms with Crippen molar-refractivity contribution >= 4 is 29.0 Å². The van der Waals surface area contributed by atoms with E-state index in [-0.39, 0.29) is 0 Å². The van der Waals surface area contributed by atoms with Crippen LogP contribution in [0.25, 0.3) is 10.6 Å². The zero-order valence-electron chi connectivity index (χ0n) is 6.06. The van der Waals surface area contributed by atoms with Crippen molar-refractivity contribution in [3.05, 3.63) is 27.9 Å². The molecule has 0 radical (unpaired) electrons. The summed E-state index contributed by atoms with van der Waals surface area (Å²) < 4.78 is 0. The highest BCUT2D eigenvalue weighted by molar-refractivity contribution is 7.14. The first-order valence-electron chi connectivity index (χ1n) is 3.34. The van der Waals surface area contributed by atoms with Crippen LogP contribution in [0.5, 0.6) is 0 Å². The van der Waals surface area contributed by atoms with Gasteiger partial charge in [-0.2, -0.15) is 0 Å². The molecule has 0 fully saturated rings. The van der Waals surface area contributed by atoms with Crippen LogP contribution in [-0.4, -0.2) is 11.3 Å². The first kappa shape index (κ1) is 7.64. The number of thiazole rings is 1. The van der Waals surface area contributed by atoms with Gasteiger partial charge in [0, 0.05) is 22.5 Å². The van der Waals surface area contributed by atoms with Crippen molar-refractivity contribution in [3.8, 4) is 10.6 Å². The Bertz CT molecular complexity index is 377. The highest BCUT2D eigenvalue weighted by Crippen LogP contribution is 2.25. The molecule has 2 aromatic rings. The Morgan fingerprint density at radius 1 is 1.42 bits per heavy atom. The van der Waals surface area contributed by atoms with Crippen molar-refractivity contribution < 1.29 is 4.79 Å². The number of hydrogen-bond acceptors (Lipinski definition) is 4. The molecular weight excluding hydrogens is 190 g/mol. The average molecular weight is 195 g/mol. The van der Waals surface area contributed by atoms with Gasteiger partial charge in [-0.25, -0.2) is 4.98 Å². The van der Waals surface area contributed by atoms with Crippen molar-refractivity contribution in [2.45, 2.75) is 0 Å². The van der Waals surface area contributed by atoms with E-state index in [2.05, 4.69) is 4.98 Å². The lowest BCUT2D eigenvalue weighted by atomic mass is 10.3. The van der Waals surface area contributed by atoms with Crippen molar-refractivity contribution in [2.24, 2.45) is 0 Å². The molecule has 0 saturated carbocycles. The van der Waals surface area contributed by atoms with E-state index in [1.807, 2.05) is 16.8 Å². The summed E-state index contributed by atoms with van der Waals surface area (Å²) in [7, 11) is 0. The molecule has 0 aliphatic rings. The van der Waals surface area contributed by atoms with Gasteiger partial charge in [-0.3, -0.25) is 4.79 Å². The molecule has 0 saturated heterocycles. The van der Waals surface area contributed by atoms with Gasteiger partial charge in [0.1, 0.15) is 5.01 Å². The van der Waals surface area contributed by atoms with Crippen LogP contribution in [0, 0.1) is 0 Å². The topological polar surface area (TPSA) is 30.0 Å². The third-order valence-electron chi connectivity index (χ3n) is 1.42. The predicted molar refractivity (Wildman–Crippen MR) is 50.8 cm³/mol. The van der Waals surface area contributed by atoms with Crippen LogP contribution in [0.3, 0.4) is 0 Å². The molecule has 0 amide bonds. The van der Waals surface area contributed by atoms with Crippen LogP contribution in [0.15, 0.2) is 23.0 Å². The average Bonchev–Trinajstić information content (AvgIpc) is 2.75. The summed E-state index contributed by atoms with van der Waals surface area (Å²) in [6, 6.07) is 1.86. The summed E-state index contributed by atoms with van der Waals surface area (Å²) >= 11 is 3.03. The summed E-state index contributed by atoms with van der Waals surface area (Å²) in [5, 5.41) is 4.84. The normalized spacial score (nSPS) is 10.0. The third-order valence-corrected chi connectivity index (χ3v) is 3.10. The van der Waals surface area contributed by atoms with E-state index in [1.165, 1.54) is 11.3 Å². The van der Waals surface area contributed by atoms with Gasteiger partial charge in [-0.05, 0) is 6.07 Å². The molecule has 0 unspecified atom stereocenters. The molecule has 0 aliphatic heterocycles. The second-order valence-corrected chi connectivity index (χ2v) is 4.03. The Morgan fingerprint density at radius 2 is 2.33 bits per heavy atom. The minimum Gasteiger partial charge on any atom is -0.297 e. The van der Waals surface area contributed by atoms with Crippen LogP contribution >= 0.6 is 22.7 Å². The lowest BCUT2D eigenvalue weighted by molar-refractivity contribution is 0.112. The van der Waals surface area contributed by atoms with E-state index in [1.54, 1.807) is 17.5 Å². The van der Waals surface area contributed by atoms with E-state index in [0.717, 1.165) is 21.7 Å². The van der Waals surface area contributed by atoms with E-state index in [0.29, 0.717) is 0 Å². The van der Waals surface area contributed by atoms with E-state index >= 15 is 0 Å². The number of thiophene rings is 1. The first-order chi connectivity index (χ1) is 5.90. The molecular formula is C8H5NOS2. The van der Waals surface area contributed by atoms with Crippen LogP contribution in [-0.2, 0) is 0 Å². The van der Waals surface area contributed by atoms with Gasteiger partial charge >= 0.3 is 0 Å². The number of nitrogens with zero attached hydrogens (tertiary/aromatic N) is 1. The SMILES string of the molecule is O=Cc1cc(-c2nccs2)cs1. The Labute approximate surface area is 77.5 Å². The Morgan fingerprint density at radius 3 is 2.92 bits per heavy atom. The highest BCUT2D eigenvalue weighted by atomic mass is 32.1. The van der Waals surface area contributed by atoms with Crippen molar-refractivity contribution in [2.75, 3.05) is 0 Å². The third kappa shape index (κ3) is 1.31. The van der Waals surface area contributed by atoms with Crippen molar-refractivity contribution in [1.29, 1.82) is 0 Å². The zero-order chi connectivity index (χ0) is 8.39. The molecule has 0 atom stereocenters. The summed E-state index contributed by atoms with van der Waals surface area (Å²) in [6.07, 6.45) is 2.63. The summed E-state index contributed by atoms with van der Waals surface area (Å²) in [5.74, 6) is 0. The molecule has 2 heterocycles. The summed E-state index contributed by atoms with van der Waals surface area (Å²) in [6.45, 7) is 0. The molecule has 0 aliphatic carbocycles. The van der Waals surface area contributed by atoms with E-state index in [4.69, 9.17) is 0 Å². The van der Waals surface area contributed by atoms with Gasteiger partial charge < -0.3 is 0 Å². The minimum atomic E-state index is 0.750. The molecule has 2 aromatic heterocycles. The lowest BCUT2D eigenvalue weighted by Crippen LogP contribution is -1.69. The van der Waals surface area contributed by atoms with Crippen molar-refractivity contribution in [3.63, 3.8) is 0 Å². The van der Waals surface area contributed by atoms with Crippen LogP contribution in [0.2, 0.25) is 0 Å². The fourth-order valence-corrected chi connectivity index (χ4v) is 2.29. The number of aromatic nitrogens is 1. The van der Waals surface area contributed by atoms with Crippen LogP contribution in [0.4, 0.5) is 0 Å². The quantitative estimate of drug-likeness (QED) is 0.689. The summed E-state index contributed by atoms with van der Waals surface area (Å²) in [5.41, 5.74) is 1.04. The van der Waals surface area contributed by atoms with Gasteiger partial charge in [0.2, 0.25) is 0 Å². The maximum atomic E-state index is 10.4. The fraction of sp³-hybridized carbons (Fsp3) is 0. The largest absolute Gasteiger partial charge is 0.297 e. The maximum absolute atomic E-state index is 10.4. The standard InChI is InChI=1S/C8H5NOS2/c10-4-7-3-6(5-12-7)8-9-1-2-11-8/h1-5H. The zero-order valence-corrected chi connectivity index (χ0v) is 7.69. The second-order valence-electron chi connectivity index (χ2n) is 2.19. The molecule has 4 heteroatoms. The van der Waals surface area contributed by atoms with Gasteiger partial charge in [-0.15, -0.1) is 22.7 Å².